The molecule has 0 heterocycles. The third kappa shape index (κ3) is 8.31. The van der Waals surface area contributed by atoms with Crippen molar-refractivity contribution in [2.24, 2.45) is 11.3 Å². The van der Waals surface area contributed by atoms with Gasteiger partial charge in [0.15, 0.2) is 0 Å². The Morgan fingerprint density at radius 3 is 1.74 bits per heavy atom. The minimum absolute atomic E-state index is 0.0322. The third-order valence-electron chi connectivity index (χ3n) is 2.88. The van der Waals surface area contributed by atoms with E-state index in [1.54, 1.807) is 0 Å². The predicted octanol–water partition coefficient (Wildman–Crippen LogP) is 3.85. The lowest BCUT2D eigenvalue weighted by Crippen LogP contribution is -2.45. The molecule has 1 aliphatic rings. The molecule has 1 aliphatic carbocycles. The van der Waals surface area contributed by atoms with Gasteiger partial charge in [-0.3, -0.25) is 0 Å². The van der Waals surface area contributed by atoms with E-state index in [1.165, 1.54) is 6.08 Å². The van der Waals surface area contributed by atoms with Gasteiger partial charge in [-0.05, 0) is 17.8 Å². The molecule has 134 valence electrons. The van der Waals surface area contributed by atoms with Gasteiger partial charge in [-0.15, -0.1) is 0 Å². The SMILES string of the molecule is CC1(C)CC1C=CC(=O)OC(C(F)(F)F)C(F)(F)F.O=C(O)O. The molecule has 11 heteroatoms. The highest BCUT2D eigenvalue weighted by Crippen LogP contribution is 2.52. The minimum atomic E-state index is -5.68. The van der Waals surface area contributed by atoms with Crippen LogP contribution in [-0.4, -0.2) is 40.8 Å². The molecule has 1 atom stereocenters. The fraction of sp³-hybridized carbons (Fsp3) is 0.667. The number of alkyl halides is 6. The van der Waals surface area contributed by atoms with E-state index in [4.69, 9.17) is 15.0 Å². The van der Waals surface area contributed by atoms with Crippen molar-refractivity contribution >= 4 is 12.1 Å². The van der Waals surface area contributed by atoms with Crippen LogP contribution in [0.1, 0.15) is 20.3 Å². The van der Waals surface area contributed by atoms with Crippen LogP contribution in [0.4, 0.5) is 31.1 Å². The molecule has 1 unspecified atom stereocenters. The highest BCUT2D eigenvalue weighted by Gasteiger charge is 2.59. The number of ether oxygens (including phenoxy) is 1. The van der Waals surface area contributed by atoms with Crippen molar-refractivity contribution in [3.63, 3.8) is 0 Å². The first-order valence-corrected chi connectivity index (χ1v) is 6.01. The molecule has 0 spiro atoms. The van der Waals surface area contributed by atoms with Crippen molar-refractivity contribution in [2.75, 3.05) is 0 Å². The van der Waals surface area contributed by atoms with Gasteiger partial charge in [0.1, 0.15) is 0 Å². The molecule has 0 saturated heterocycles. The molecule has 0 aromatic carbocycles. The Bertz CT molecular complexity index is 448. The van der Waals surface area contributed by atoms with Crippen LogP contribution in [0.15, 0.2) is 12.2 Å². The normalized spacial score (nSPS) is 20.0. The number of carboxylic acid groups (broad SMARTS) is 2. The Morgan fingerprint density at radius 1 is 1.13 bits per heavy atom. The summed E-state index contributed by atoms with van der Waals surface area (Å²) in [7, 11) is 0. The summed E-state index contributed by atoms with van der Waals surface area (Å²) < 4.78 is 76.0. The number of allylic oxidation sites excluding steroid dienone is 1. The summed E-state index contributed by atoms with van der Waals surface area (Å²) in [4.78, 5) is 19.5. The molecule has 0 aromatic rings. The van der Waals surface area contributed by atoms with E-state index in [9.17, 15) is 31.1 Å². The summed E-state index contributed by atoms with van der Waals surface area (Å²) >= 11 is 0. The van der Waals surface area contributed by atoms with Crippen LogP contribution in [-0.2, 0) is 9.53 Å². The van der Waals surface area contributed by atoms with Gasteiger partial charge in [-0.25, -0.2) is 9.59 Å². The van der Waals surface area contributed by atoms with Gasteiger partial charge in [-0.2, -0.15) is 26.3 Å². The number of carbonyl (C=O) groups excluding carboxylic acids is 1. The molecule has 5 nitrogen and oxygen atoms in total. The summed E-state index contributed by atoms with van der Waals surface area (Å²) in [6.45, 7) is 3.73. The zero-order valence-corrected chi connectivity index (χ0v) is 11.9. The summed E-state index contributed by atoms with van der Waals surface area (Å²) in [5.41, 5.74) is -0.0791. The number of rotatable bonds is 3. The average Bonchev–Trinajstić information content (AvgIpc) is 2.87. The molecule has 0 aromatic heterocycles. The van der Waals surface area contributed by atoms with Gasteiger partial charge in [-0.1, -0.05) is 19.9 Å². The molecular weight excluding hydrogens is 338 g/mol. The van der Waals surface area contributed by atoms with Gasteiger partial charge in [0.05, 0.1) is 0 Å². The molecule has 2 N–H and O–H groups in total. The fourth-order valence-electron chi connectivity index (χ4n) is 1.51. The summed E-state index contributed by atoms with van der Waals surface area (Å²) in [6, 6.07) is 0. The zero-order valence-electron chi connectivity index (χ0n) is 11.9. The number of esters is 1. The predicted molar refractivity (Wildman–Crippen MR) is 63.7 cm³/mol. The van der Waals surface area contributed by atoms with Crippen LogP contribution in [0, 0.1) is 11.3 Å². The maximum atomic E-state index is 12.1. The van der Waals surface area contributed by atoms with Crippen LogP contribution >= 0.6 is 0 Å². The van der Waals surface area contributed by atoms with E-state index >= 15 is 0 Å². The fourth-order valence-corrected chi connectivity index (χ4v) is 1.51. The first-order chi connectivity index (χ1) is 10.1. The Hall–Kier alpha value is -1.94. The lowest BCUT2D eigenvalue weighted by molar-refractivity contribution is -0.312. The minimum Gasteiger partial charge on any atom is -0.450 e. The second-order valence-corrected chi connectivity index (χ2v) is 5.34. The van der Waals surface area contributed by atoms with Crippen molar-refractivity contribution in [3.05, 3.63) is 12.2 Å². The highest BCUT2D eigenvalue weighted by molar-refractivity contribution is 5.82. The second-order valence-electron chi connectivity index (χ2n) is 5.34. The van der Waals surface area contributed by atoms with Crippen molar-refractivity contribution in [1.29, 1.82) is 0 Å². The first kappa shape index (κ1) is 21.1. The monoisotopic (exact) mass is 352 g/mol. The molecule has 0 aliphatic heterocycles. The molecule has 1 rings (SSSR count). The van der Waals surface area contributed by atoms with E-state index < -0.39 is 30.6 Å². The van der Waals surface area contributed by atoms with Crippen molar-refractivity contribution in [1.82, 2.24) is 0 Å². The smallest absolute Gasteiger partial charge is 0.450 e. The maximum Gasteiger partial charge on any atom is 0.503 e. The number of carbonyl (C=O) groups is 2. The first-order valence-electron chi connectivity index (χ1n) is 6.01. The Morgan fingerprint density at radius 2 is 1.48 bits per heavy atom. The van der Waals surface area contributed by atoms with E-state index in [2.05, 4.69) is 4.74 Å². The summed E-state index contributed by atoms with van der Waals surface area (Å²) in [5.74, 6) is -1.68. The zero-order chi connectivity index (χ0) is 18.6. The van der Waals surface area contributed by atoms with Gasteiger partial charge in [0, 0.05) is 6.08 Å². The summed E-state index contributed by atoms with van der Waals surface area (Å²) in [6.07, 6.45) is -14.7. The quantitative estimate of drug-likeness (QED) is 0.458. The van der Waals surface area contributed by atoms with E-state index in [0.717, 1.165) is 6.42 Å². The van der Waals surface area contributed by atoms with Gasteiger partial charge >= 0.3 is 24.5 Å². The topological polar surface area (TPSA) is 83.8 Å². The molecule has 1 fully saturated rings. The molecule has 0 bridgehead atoms. The Labute approximate surface area is 126 Å². The van der Waals surface area contributed by atoms with Crippen LogP contribution in [0.25, 0.3) is 0 Å². The van der Waals surface area contributed by atoms with Crippen LogP contribution < -0.4 is 0 Å². The van der Waals surface area contributed by atoms with Crippen molar-refractivity contribution < 1.29 is 50.9 Å². The standard InChI is InChI=1S/C11H12F6O2.CH2O3/c1-9(2)5-6(9)3-4-7(18)19-8(10(12,13)14)11(15,16)17;2-1(3)4/h3-4,6,8H,5H2,1-2H3;(H2,2,3,4). The lowest BCUT2D eigenvalue weighted by Gasteiger charge is -2.22. The molecule has 1 saturated carbocycles. The highest BCUT2D eigenvalue weighted by atomic mass is 19.4. The number of hydrogen-bond acceptors (Lipinski definition) is 3. The Kier molecular flexibility index (Phi) is 6.49. The number of hydrogen-bond donors (Lipinski definition) is 2. The van der Waals surface area contributed by atoms with Gasteiger partial charge < -0.3 is 14.9 Å². The average molecular weight is 352 g/mol. The van der Waals surface area contributed by atoms with Crippen LogP contribution in [0.2, 0.25) is 0 Å². The maximum absolute atomic E-state index is 12.1. The van der Waals surface area contributed by atoms with Crippen LogP contribution in [0.3, 0.4) is 0 Å². The molecule has 0 amide bonds. The largest absolute Gasteiger partial charge is 0.503 e. The van der Waals surface area contributed by atoms with Crippen LogP contribution in [0.5, 0.6) is 0 Å². The van der Waals surface area contributed by atoms with Gasteiger partial charge in [0.25, 0.3) is 6.10 Å². The van der Waals surface area contributed by atoms with E-state index in [0.29, 0.717) is 6.08 Å². The second kappa shape index (κ2) is 7.09. The molecule has 0 radical (unpaired) electrons. The molecule has 23 heavy (non-hydrogen) atoms. The lowest BCUT2D eigenvalue weighted by atomic mass is 10.1. The number of halogens is 6. The van der Waals surface area contributed by atoms with E-state index in [-0.39, 0.29) is 11.3 Å². The van der Waals surface area contributed by atoms with Gasteiger partial charge in [0.2, 0.25) is 0 Å². The summed E-state index contributed by atoms with van der Waals surface area (Å²) in [5, 5.41) is 13.9. The third-order valence-corrected chi connectivity index (χ3v) is 2.88. The Balaban J connectivity index is 0.00000108. The van der Waals surface area contributed by atoms with Crippen molar-refractivity contribution in [3.8, 4) is 0 Å². The van der Waals surface area contributed by atoms with E-state index in [1.807, 2.05) is 13.8 Å². The van der Waals surface area contributed by atoms with Crippen molar-refractivity contribution in [2.45, 2.75) is 38.7 Å². The molecular formula is C12H14F6O5.